The quantitative estimate of drug-likeness (QED) is 0.839. The normalized spacial score (nSPS) is 10.9. The molecule has 0 atom stereocenters. The molecule has 5 heteroatoms. The monoisotopic (exact) mass is 236 g/mol. The third kappa shape index (κ3) is 1.86. The summed E-state index contributed by atoms with van der Waals surface area (Å²) in [4.78, 5) is 16.9. The maximum atomic E-state index is 11.8. The number of amides is 1. The summed E-state index contributed by atoms with van der Waals surface area (Å²) in [5.41, 5.74) is 0. The van der Waals surface area contributed by atoms with E-state index in [1.165, 1.54) is 11.3 Å². The van der Waals surface area contributed by atoms with E-state index in [0.717, 1.165) is 0 Å². The van der Waals surface area contributed by atoms with Gasteiger partial charge in [-0.3, -0.25) is 4.79 Å². The Morgan fingerprint density at radius 3 is 2.94 bits per heavy atom. The first-order valence-electron chi connectivity index (χ1n) is 4.97. The molecule has 0 aliphatic carbocycles. The Bertz CT molecular complexity index is 534. The summed E-state index contributed by atoms with van der Waals surface area (Å²) in [6, 6.07) is 3.53. The van der Waals surface area contributed by atoms with E-state index in [-0.39, 0.29) is 17.7 Å². The third-order valence-corrected chi connectivity index (χ3v) is 3.17. The van der Waals surface area contributed by atoms with E-state index in [1.54, 1.807) is 18.3 Å². The van der Waals surface area contributed by atoms with Gasteiger partial charge in [-0.25, -0.2) is 4.98 Å². The average molecular weight is 236 g/mol. The second kappa shape index (κ2) is 4.09. The first-order chi connectivity index (χ1) is 7.59. The highest BCUT2D eigenvalue weighted by Gasteiger charge is 2.18. The van der Waals surface area contributed by atoms with Crippen molar-refractivity contribution in [1.82, 2.24) is 10.3 Å². The van der Waals surface area contributed by atoms with E-state index < -0.39 is 0 Å². The van der Waals surface area contributed by atoms with E-state index in [2.05, 4.69) is 10.3 Å². The number of carbonyl (C=O) groups is 1. The standard InChI is InChI=1S/C11H12N2O2S/c1-6(2)13-10(15)9-8(14)7-4-3-5-12-11(7)16-9/h3-6,14H,1-2H3,(H,13,15). The van der Waals surface area contributed by atoms with Crippen LogP contribution in [-0.4, -0.2) is 22.0 Å². The molecule has 0 unspecified atom stereocenters. The topological polar surface area (TPSA) is 62.2 Å². The molecule has 84 valence electrons. The summed E-state index contributed by atoms with van der Waals surface area (Å²) in [5.74, 6) is -0.234. The van der Waals surface area contributed by atoms with Gasteiger partial charge in [-0.15, -0.1) is 11.3 Å². The Labute approximate surface area is 96.9 Å². The Kier molecular flexibility index (Phi) is 2.78. The zero-order chi connectivity index (χ0) is 11.7. The van der Waals surface area contributed by atoms with Crippen LogP contribution in [0.4, 0.5) is 0 Å². The second-order valence-corrected chi connectivity index (χ2v) is 4.76. The van der Waals surface area contributed by atoms with Crippen LogP contribution in [0.2, 0.25) is 0 Å². The minimum Gasteiger partial charge on any atom is -0.506 e. The third-order valence-electron chi connectivity index (χ3n) is 2.07. The minimum atomic E-state index is -0.254. The van der Waals surface area contributed by atoms with Crippen molar-refractivity contribution >= 4 is 27.5 Å². The number of hydrogen-bond acceptors (Lipinski definition) is 4. The number of thiophene rings is 1. The number of rotatable bonds is 2. The first-order valence-corrected chi connectivity index (χ1v) is 5.78. The number of carbonyl (C=O) groups excluding carboxylic acids is 1. The predicted molar refractivity (Wildman–Crippen MR) is 63.9 cm³/mol. The van der Waals surface area contributed by atoms with Gasteiger partial charge in [0, 0.05) is 12.2 Å². The van der Waals surface area contributed by atoms with Gasteiger partial charge in [0.15, 0.2) is 0 Å². The molecule has 0 saturated carbocycles. The van der Waals surface area contributed by atoms with Crippen molar-refractivity contribution in [3.05, 3.63) is 23.2 Å². The summed E-state index contributed by atoms with van der Waals surface area (Å²) in [6.07, 6.45) is 1.64. The molecular formula is C11H12N2O2S. The molecular weight excluding hydrogens is 224 g/mol. The Morgan fingerprint density at radius 1 is 1.56 bits per heavy atom. The number of aromatic hydroxyl groups is 1. The van der Waals surface area contributed by atoms with Gasteiger partial charge in [0.2, 0.25) is 0 Å². The Hall–Kier alpha value is -1.62. The summed E-state index contributed by atoms with van der Waals surface area (Å²) in [7, 11) is 0. The van der Waals surface area contributed by atoms with E-state index in [0.29, 0.717) is 15.1 Å². The molecule has 0 aromatic carbocycles. The number of hydrogen-bond donors (Lipinski definition) is 2. The lowest BCUT2D eigenvalue weighted by Gasteiger charge is -2.06. The molecule has 2 rings (SSSR count). The van der Waals surface area contributed by atoms with Crippen molar-refractivity contribution in [1.29, 1.82) is 0 Å². The highest BCUT2D eigenvalue weighted by atomic mass is 32.1. The fraction of sp³-hybridized carbons (Fsp3) is 0.273. The summed E-state index contributed by atoms with van der Waals surface area (Å²) < 4.78 is 0. The van der Waals surface area contributed by atoms with Crippen LogP contribution in [0, 0.1) is 0 Å². The fourth-order valence-corrected chi connectivity index (χ4v) is 2.34. The summed E-state index contributed by atoms with van der Waals surface area (Å²) in [5, 5.41) is 13.3. The van der Waals surface area contributed by atoms with Crippen LogP contribution in [0.5, 0.6) is 5.75 Å². The molecule has 2 heterocycles. The van der Waals surface area contributed by atoms with Gasteiger partial charge in [-0.1, -0.05) is 0 Å². The maximum Gasteiger partial charge on any atom is 0.265 e. The van der Waals surface area contributed by atoms with Gasteiger partial charge in [0.25, 0.3) is 5.91 Å². The molecule has 0 radical (unpaired) electrons. The molecule has 0 bridgehead atoms. The lowest BCUT2D eigenvalue weighted by atomic mass is 10.3. The lowest BCUT2D eigenvalue weighted by Crippen LogP contribution is -2.29. The molecule has 0 saturated heterocycles. The average Bonchev–Trinajstić information content (AvgIpc) is 2.56. The van der Waals surface area contributed by atoms with Crippen LogP contribution < -0.4 is 5.32 Å². The number of fused-ring (bicyclic) bond motifs is 1. The number of nitrogens with zero attached hydrogens (tertiary/aromatic N) is 1. The number of aromatic nitrogens is 1. The molecule has 0 spiro atoms. The molecule has 0 aliphatic heterocycles. The van der Waals surface area contributed by atoms with Gasteiger partial charge < -0.3 is 10.4 Å². The fourth-order valence-electron chi connectivity index (χ4n) is 1.40. The summed E-state index contributed by atoms with van der Waals surface area (Å²) in [6.45, 7) is 3.75. The molecule has 16 heavy (non-hydrogen) atoms. The summed E-state index contributed by atoms with van der Waals surface area (Å²) >= 11 is 1.20. The minimum absolute atomic E-state index is 0.0197. The molecule has 0 fully saturated rings. The van der Waals surface area contributed by atoms with Gasteiger partial charge in [-0.05, 0) is 26.0 Å². The van der Waals surface area contributed by atoms with Crippen LogP contribution in [0.25, 0.3) is 10.2 Å². The highest BCUT2D eigenvalue weighted by Crippen LogP contribution is 2.35. The van der Waals surface area contributed by atoms with Crippen LogP contribution in [-0.2, 0) is 0 Å². The van der Waals surface area contributed by atoms with Gasteiger partial charge in [-0.2, -0.15) is 0 Å². The molecule has 2 aromatic heterocycles. The van der Waals surface area contributed by atoms with Crippen molar-refractivity contribution in [2.75, 3.05) is 0 Å². The number of pyridine rings is 1. The van der Waals surface area contributed by atoms with Crippen molar-refractivity contribution in [3.8, 4) is 5.75 Å². The van der Waals surface area contributed by atoms with E-state index in [9.17, 15) is 9.90 Å². The molecule has 2 aromatic rings. The van der Waals surface area contributed by atoms with Gasteiger partial charge in [0.1, 0.15) is 15.5 Å². The van der Waals surface area contributed by atoms with Crippen LogP contribution in [0.1, 0.15) is 23.5 Å². The molecule has 4 nitrogen and oxygen atoms in total. The van der Waals surface area contributed by atoms with Crippen molar-refractivity contribution in [2.24, 2.45) is 0 Å². The first kappa shape index (κ1) is 10.9. The van der Waals surface area contributed by atoms with Crippen LogP contribution >= 0.6 is 11.3 Å². The van der Waals surface area contributed by atoms with Crippen molar-refractivity contribution in [3.63, 3.8) is 0 Å². The SMILES string of the molecule is CC(C)NC(=O)c1sc2ncccc2c1O. The van der Waals surface area contributed by atoms with Crippen molar-refractivity contribution in [2.45, 2.75) is 19.9 Å². The zero-order valence-electron chi connectivity index (χ0n) is 9.02. The number of nitrogens with one attached hydrogen (secondary N) is 1. The Balaban J connectivity index is 2.45. The van der Waals surface area contributed by atoms with Crippen molar-refractivity contribution < 1.29 is 9.90 Å². The second-order valence-electron chi connectivity index (χ2n) is 3.76. The zero-order valence-corrected chi connectivity index (χ0v) is 9.84. The highest BCUT2D eigenvalue weighted by molar-refractivity contribution is 7.20. The van der Waals surface area contributed by atoms with Crippen LogP contribution in [0.3, 0.4) is 0 Å². The van der Waals surface area contributed by atoms with E-state index >= 15 is 0 Å². The predicted octanol–water partition coefficient (Wildman–Crippen LogP) is 2.14. The Morgan fingerprint density at radius 2 is 2.31 bits per heavy atom. The smallest absolute Gasteiger partial charge is 0.265 e. The lowest BCUT2D eigenvalue weighted by molar-refractivity contribution is 0.0945. The van der Waals surface area contributed by atoms with Gasteiger partial charge in [0.05, 0.1) is 5.39 Å². The molecule has 2 N–H and O–H groups in total. The van der Waals surface area contributed by atoms with E-state index in [4.69, 9.17) is 0 Å². The van der Waals surface area contributed by atoms with Crippen LogP contribution in [0.15, 0.2) is 18.3 Å². The largest absolute Gasteiger partial charge is 0.506 e. The van der Waals surface area contributed by atoms with Gasteiger partial charge >= 0.3 is 0 Å². The van der Waals surface area contributed by atoms with E-state index in [1.807, 2.05) is 13.8 Å². The molecule has 0 aliphatic rings. The molecule has 1 amide bonds. The maximum absolute atomic E-state index is 11.8.